The molecule has 1 aliphatic rings. The summed E-state index contributed by atoms with van der Waals surface area (Å²) in [5, 5.41) is 5.55. The van der Waals surface area contributed by atoms with Crippen molar-refractivity contribution >= 4 is 35.2 Å². The van der Waals surface area contributed by atoms with Gasteiger partial charge in [0.25, 0.3) is 11.8 Å². The minimum absolute atomic E-state index is 0.0776. The highest BCUT2D eigenvalue weighted by Crippen LogP contribution is 2.29. The van der Waals surface area contributed by atoms with Crippen LogP contribution >= 0.6 is 12.2 Å². The Labute approximate surface area is 145 Å². The summed E-state index contributed by atoms with van der Waals surface area (Å²) in [4.78, 5) is 24.8. The molecule has 1 aromatic rings. The van der Waals surface area contributed by atoms with Crippen LogP contribution in [0.4, 0.5) is 0 Å². The van der Waals surface area contributed by atoms with Gasteiger partial charge in [0, 0.05) is 14.1 Å². The number of hydrogen-bond acceptors (Lipinski definition) is 5. The third-order valence-electron chi connectivity index (χ3n) is 3.15. The van der Waals surface area contributed by atoms with Crippen molar-refractivity contribution < 1.29 is 19.1 Å². The molecular formula is C16H19N3O4S. The first-order valence-electron chi connectivity index (χ1n) is 7.34. The summed E-state index contributed by atoms with van der Waals surface area (Å²) < 4.78 is 11.1. The number of carbonyl (C=O) groups excluding carboxylic acids is 2. The molecule has 0 atom stereocenters. The molecule has 0 aromatic heterocycles. The quantitative estimate of drug-likeness (QED) is 0.587. The second-order valence-corrected chi connectivity index (χ2v) is 5.59. The summed E-state index contributed by atoms with van der Waals surface area (Å²) in [5.41, 5.74) is 1.10. The normalized spacial score (nSPS) is 15.0. The van der Waals surface area contributed by atoms with E-state index in [1.165, 1.54) is 4.90 Å². The van der Waals surface area contributed by atoms with E-state index in [9.17, 15) is 9.59 Å². The number of nitrogens with zero attached hydrogens (tertiary/aromatic N) is 1. The van der Waals surface area contributed by atoms with E-state index < -0.39 is 0 Å². The van der Waals surface area contributed by atoms with Gasteiger partial charge in [-0.25, -0.2) is 0 Å². The van der Waals surface area contributed by atoms with E-state index >= 15 is 0 Å². The molecule has 24 heavy (non-hydrogen) atoms. The van der Waals surface area contributed by atoms with E-state index in [2.05, 4.69) is 10.6 Å². The maximum Gasteiger partial charge on any atom is 0.273 e. The molecule has 0 bridgehead atoms. The van der Waals surface area contributed by atoms with Gasteiger partial charge < -0.3 is 19.7 Å². The summed E-state index contributed by atoms with van der Waals surface area (Å²) in [6, 6.07) is 5.20. The lowest BCUT2D eigenvalue weighted by Crippen LogP contribution is -2.27. The van der Waals surface area contributed by atoms with Gasteiger partial charge in [-0.05, 0) is 42.9 Å². The van der Waals surface area contributed by atoms with Crippen LogP contribution in [0.3, 0.4) is 0 Å². The number of nitrogens with one attached hydrogen (secondary N) is 2. The Kier molecular flexibility index (Phi) is 5.75. The van der Waals surface area contributed by atoms with Crippen LogP contribution in [0.1, 0.15) is 12.5 Å². The van der Waals surface area contributed by atoms with Crippen molar-refractivity contribution in [2.75, 3.05) is 27.3 Å². The molecule has 2 amide bonds. The topological polar surface area (TPSA) is 79.9 Å². The summed E-state index contributed by atoms with van der Waals surface area (Å²) in [6.45, 7) is 2.22. The SMILES string of the molecule is CCOc1cc(/C=C2\NC(=S)NC2=O)ccc1OCC(=O)N(C)C. The number of rotatable bonds is 6. The Morgan fingerprint density at radius 2 is 2.00 bits per heavy atom. The first-order valence-corrected chi connectivity index (χ1v) is 7.75. The third-order valence-corrected chi connectivity index (χ3v) is 3.35. The van der Waals surface area contributed by atoms with Crippen LogP contribution in [-0.4, -0.2) is 49.1 Å². The van der Waals surface area contributed by atoms with Gasteiger partial charge >= 0.3 is 0 Å². The predicted molar refractivity (Wildman–Crippen MR) is 93.7 cm³/mol. The molecule has 0 aliphatic carbocycles. The molecule has 8 heteroatoms. The number of carbonyl (C=O) groups is 2. The van der Waals surface area contributed by atoms with Crippen molar-refractivity contribution in [3.05, 3.63) is 29.5 Å². The zero-order chi connectivity index (χ0) is 17.7. The monoisotopic (exact) mass is 349 g/mol. The fourth-order valence-corrected chi connectivity index (χ4v) is 2.12. The molecule has 1 fully saturated rings. The van der Waals surface area contributed by atoms with E-state index in [0.717, 1.165) is 5.56 Å². The van der Waals surface area contributed by atoms with Gasteiger partial charge in [-0.15, -0.1) is 0 Å². The summed E-state index contributed by atoms with van der Waals surface area (Å²) >= 11 is 4.89. The van der Waals surface area contributed by atoms with Gasteiger partial charge in [-0.1, -0.05) is 6.07 Å². The molecular weight excluding hydrogens is 330 g/mol. The lowest BCUT2D eigenvalue weighted by molar-refractivity contribution is -0.130. The van der Waals surface area contributed by atoms with E-state index in [4.69, 9.17) is 21.7 Å². The Bertz CT molecular complexity index is 701. The van der Waals surface area contributed by atoms with Crippen molar-refractivity contribution in [2.24, 2.45) is 0 Å². The average molecular weight is 349 g/mol. The number of thiocarbonyl (C=S) groups is 1. The Hall–Kier alpha value is -2.61. The molecule has 0 radical (unpaired) electrons. The van der Waals surface area contributed by atoms with E-state index in [-0.39, 0.29) is 23.5 Å². The lowest BCUT2D eigenvalue weighted by atomic mass is 10.1. The van der Waals surface area contributed by atoms with E-state index in [1.807, 2.05) is 6.92 Å². The molecule has 128 valence electrons. The smallest absolute Gasteiger partial charge is 0.273 e. The minimum Gasteiger partial charge on any atom is -0.490 e. The second-order valence-electron chi connectivity index (χ2n) is 5.18. The maximum absolute atomic E-state index is 11.7. The largest absolute Gasteiger partial charge is 0.490 e. The Morgan fingerprint density at radius 3 is 2.58 bits per heavy atom. The van der Waals surface area contributed by atoms with Gasteiger partial charge in [0.05, 0.1) is 6.61 Å². The number of hydrogen-bond donors (Lipinski definition) is 2. The Balaban J connectivity index is 2.20. The van der Waals surface area contributed by atoms with Crippen LogP contribution in [0.25, 0.3) is 6.08 Å². The lowest BCUT2D eigenvalue weighted by Gasteiger charge is -2.14. The zero-order valence-electron chi connectivity index (χ0n) is 13.7. The summed E-state index contributed by atoms with van der Waals surface area (Å²) in [7, 11) is 3.32. The molecule has 0 unspecified atom stereocenters. The first-order chi connectivity index (χ1) is 11.4. The van der Waals surface area contributed by atoms with Gasteiger partial charge in [-0.2, -0.15) is 0 Å². The van der Waals surface area contributed by atoms with Crippen molar-refractivity contribution in [2.45, 2.75) is 6.92 Å². The van der Waals surface area contributed by atoms with Gasteiger partial charge in [0.2, 0.25) is 0 Å². The van der Waals surface area contributed by atoms with Crippen LogP contribution in [0.2, 0.25) is 0 Å². The standard InChI is InChI=1S/C16H19N3O4S/c1-4-22-13-8-10(7-11-15(21)18-16(24)17-11)5-6-12(13)23-9-14(20)19(2)3/h5-8H,4,9H2,1-3H3,(H2,17,18,21,24)/b11-7-. The second kappa shape index (κ2) is 7.78. The van der Waals surface area contributed by atoms with Crippen molar-refractivity contribution in [1.29, 1.82) is 0 Å². The fourth-order valence-electron chi connectivity index (χ4n) is 1.92. The third kappa shape index (κ3) is 4.45. The van der Waals surface area contributed by atoms with Gasteiger partial charge in [-0.3, -0.25) is 14.9 Å². The highest BCUT2D eigenvalue weighted by Gasteiger charge is 2.20. The van der Waals surface area contributed by atoms with Crippen molar-refractivity contribution in [3.8, 4) is 11.5 Å². The fraction of sp³-hybridized carbons (Fsp3) is 0.312. The molecule has 2 N–H and O–H groups in total. The number of ether oxygens (including phenoxy) is 2. The average Bonchev–Trinajstić information content (AvgIpc) is 2.84. The predicted octanol–water partition coefficient (Wildman–Crippen LogP) is 0.897. The molecule has 1 aliphatic heterocycles. The van der Waals surface area contributed by atoms with Crippen LogP contribution in [0.5, 0.6) is 11.5 Å². The van der Waals surface area contributed by atoms with Crippen LogP contribution in [0.15, 0.2) is 23.9 Å². The molecule has 0 saturated carbocycles. The van der Waals surface area contributed by atoms with E-state index in [1.54, 1.807) is 38.4 Å². The van der Waals surface area contributed by atoms with Crippen LogP contribution < -0.4 is 20.1 Å². The number of likely N-dealkylation sites (N-methyl/N-ethyl adjacent to an activating group) is 1. The molecule has 1 heterocycles. The van der Waals surface area contributed by atoms with Crippen molar-refractivity contribution in [3.63, 3.8) is 0 Å². The van der Waals surface area contributed by atoms with Gasteiger partial charge in [0.1, 0.15) is 5.70 Å². The van der Waals surface area contributed by atoms with Crippen LogP contribution in [0, 0.1) is 0 Å². The van der Waals surface area contributed by atoms with Crippen molar-refractivity contribution in [1.82, 2.24) is 15.5 Å². The highest BCUT2D eigenvalue weighted by molar-refractivity contribution is 7.80. The molecule has 2 rings (SSSR count). The van der Waals surface area contributed by atoms with Crippen LogP contribution in [-0.2, 0) is 9.59 Å². The maximum atomic E-state index is 11.7. The molecule has 7 nitrogen and oxygen atoms in total. The summed E-state index contributed by atoms with van der Waals surface area (Å²) in [6.07, 6.45) is 1.66. The zero-order valence-corrected chi connectivity index (χ0v) is 14.5. The molecule has 1 saturated heterocycles. The molecule has 1 aromatic carbocycles. The van der Waals surface area contributed by atoms with E-state index in [0.29, 0.717) is 23.8 Å². The minimum atomic E-state index is -0.283. The highest BCUT2D eigenvalue weighted by atomic mass is 32.1. The summed E-state index contributed by atoms with van der Waals surface area (Å²) in [5.74, 6) is 0.534. The number of benzene rings is 1. The van der Waals surface area contributed by atoms with Gasteiger partial charge in [0.15, 0.2) is 23.2 Å². The first kappa shape index (κ1) is 17.7. The Morgan fingerprint density at radius 1 is 1.25 bits per heavy atom. The number of amides is 2. The molecule has 0 spiro atoms.